The van der Waals surface area contributed by atoms with Gasteiger partial charge in [0, 0.05) is 18.1 Å². The van der Waals surface area contributed by atoms with Crippen LogP contribution in [0.15, 0.2) is 54.8 Å². The van der Waals surface area contributed by atoms with E-state index in [0.717, 1.165) is 22.4 Å². The van der Waals surface area contributed by atoms with Gasteiger partial charge in [0.1, 0.15) is 5.82 Å². The Morgan fingerprint density at radius 1 is 1.08 bits per heavy atom. The maximum atomic E-state index is 8.74. The van der Waals surface area contributed by atoms with Gasteiger partial charge in [0.15, 0.2) is 5.82 Å². The Bertz CT molecular complexity index is 784. The summed E-state index contributed by atoms with van der Waals surface area (Å²) in [4.78, 5) is 9.30. The Morgan fingerprint density at radius 3 is 2.92 bits per heavy atom. The lowest BCUT2D eigenvalue weighted by Gasteiger charge is -2.12. The topological polar surface area (TPSA) is 79.3 Å². The van der Waals surface area contributed by atoms with Crippen molar-refractivity contribution in [1.29, 1.82) is 0 Å². The molecular formula is C18H20N4O2. The molecular weight excluding hydrogens is 304 g/mol. The van der Waals surface area contributed by atoms with Crippen LogP contribution in [-0.4, -0.2) is 41.4 Å². The number of para-hydroxylation sites is 1. The maximum absolute atomic E-state index is 8.74. The molecule has 124 valence electrons. The van der Waals surface area contributed by atoms with Gasteiger partial charge >= 0.3 is 0 Å². The Kier molecular flexibility index (Phi) is 5.55. The standard InChI is InChI=1S/C18H20N4O2/c23-11-13-24-12-10-20-17-14-6-3-4-7-15(14)21-18(22-17)16-8-2-1-5-9-19-16/h1-9,19,23H,10-13H2,(H,20,21,22). The van der Waals surface area contributed by atoms with Gasteiger partial charge in [-0.25, -0.2) is 9.97 Å². The summed E-state index contributed by atoms with van der Waals surface area (Å²) in [6, 6.07) is 7.89. The SMILES string of the molecule is OCCOCCNc1nc(C2=CC=CC=CN2)nc2ccccc12. The minimum Gasteiger partial charge on any atom is -0.394 e. The number of aliphatic hydroxyl groups is 1. The fraction of sp³-hybridized carbons (Fsp3) is 0.222. The molecule has 0 unspecified atom stereocenters. The van der Waals surface area contributed by atoms with E-state index in [0.29, 0.717) is 25.6 Å². The largest absolute Gasteiger partial charge is 0.394 e. The second-order valence-electron chi connectivity index (χ2n) is 5.14. The number of hydrogen-bond acceptors (Lipinski definition) is 6. The number of anilines is 1. The molecule has 1 aliphatic heterocycles. The van der Waals surface area contributed by atoms with E-state index in [1.165, 1.54) is 0 Å². The van der Waals surface area contributed by atoms with Crippen LogP contribution in [0.1, 0.15) is 5.82 Å². The number of aromatic nitrogens is 2. The van der Waals surface area contributed by atoms with Gasteiger partial charge in [0.2, 0.25) is 0 Å². The van der Waals surface area contributed by atoms with Gasteiger partial charge in [-0.3, -0.25) is 0 Å². The summed E-state index contributed by atoms with van der Waals surface area (Å²) < 4.78 is 5.28. The summed E-state index contributed by atoms with van der Waals surface area (Å²) in [6.45, 7) is 1.47. The zero-order valence-corrected chi connectivity index (χ0v) is 13.3. The van der Waals surface area contributed by atoms with Crippen LogP contribution in [0.5, 0.6) is 0 Å². The van der Waals surface area contributed by atoms with E-state index in [1.807, 2.05) is 54.8 Å². The summed E-state index contributed by atoms with van der Waals surface area (Å²) in [6.07, 6.45) is 9.60. The minimum atomic E-state index is 0.0292. The van der Waals surface area contributed by atoms with E-state index in [4.69, 9.17) is 9.84 Å². The molecule has 0 bridgehead atoms. The molecule has 0 atom stereocenters. The molecule has 1 aromatic heterocycles. The van der Waals surface area contributed by atoms with Crippen LogP contribution in [0.4, 0.5) is 5.82 Å². The zero-order valence-electron chi connectivity index (χ0n) is 13.3. The third-order valence-corrected chi connectivity index (χ3v) is 3.44. The smallest absolute Gasteiger partial charge is 0.178 e. The van der Waals surface area contributed by atoms with Gasteiger partial charge in [0.05, 0.1) is 31.0 Å². The minimum absolute atomic E-state index is 0.0292. The Hall–Kier alpha value is -2.70. The van der Waals surface area contributed by atoms with E-state index in [2.05, 4.69) is 20.6 Å². The number of nitrogens with zero attached hydrogens (tertiary/aromatic N) is 2. The predicted molar refractivity (Wildman–Crippen MR) is 95.3 cm³/mol. The van der Waals surface area contributed by atoms with Gasteiger partial charge in [0.25, 0.3) is 0 Å². The first-order valence-electron chi connectivity index (χ1n) is 7.88. The molecule has 6 nitrogen and oxygen atoms in total. The summed E-state index contributed by atoms with van der Waals surface area (Å²) in [5, 5.41) is 16.2. The van der Waals surface area contributed by atoms with E-state index in [-0.39, 0.29) is 6.61 Å². The van der Waals surface area contributed by atoms with Crippen LogP contribution in [-0.2, 0) is 4.74 Å². The number of benzene rings is 1. The first-order chi connectivity index (χ1) is 11.9. The van der Waals surface area contributed by atoms with Gasteiger partial charge in [-0.15, -0.1) is 0 Å². The van der Waals surface area contributed by atoms with Crippen LogP contribution in [0.25, 0.3) is 16.6 Å². The van der Waals surface area contributed by atoms with Crippen molar-refractivity contribution in [2.24, 2.45) is 0 Å². The average molecular weight is 324 g/mol. The molecule has 3 rings (SSSR count). The molecule has 6 heteroatoms. The third kappa shape index (κ3) is 3.98. The Morgan fingerprint density at radius 2 is 2.00 bits per heavy atom. The number of rotatable bonds is 7. The van der Waals surface area contributed by atoms with Crippen LogP contribution in [0, 0.1) is 0 Å². The highest BCUT2D eigenvalue weighted by atomic mass is 16.5. The first-order valence-corrected chi connectivity index (χ1v) is 7.88. The highest BCUT2D eigenvalue weighted by Crippen LogP contribution is 2.22. The zero-order chi connectivity index (χ0) is 16.6. The molecule has 0 fully saturated rings. The molecule has 3 N–H and O–H groups in total. The molecule has 0 spiro atoms. The summed E-state index contributed by atoms with van der Waals surface area (Å²) in [5.74, 6) is 1.40. The molecule has 0 amide bonds. The van der Waals surface area contributed by atoms with E-state index < -0.39 is 0 Å². The predicted octanol–water partition coefficient (Wildman–Crippen LogP) is 2.06. The normalized spacial score (nSPS) is 13.5. The van der Waals surface area contributed by atoms with Crippen LogP contribution >= 0.6 is 0 Å². The van der Waals surface area contributed by atoms with Crippen LogP contribution in [0.2, 0.25) is 0 Å². The monoisotopic (exact) mass is 324 g/mol. The Balaban J connectivity index is 1.87. The molecule has 2 heterocycles. The third-order valence-electron chi connectivity index (χ3n) is 3.44. The fourth-order valence-corrected chi connectivity index (χ4v) is 2.34. The van der Waals surface area contributed by atoms with E-state index in [9.17, 15) is 0 Å². The average Bonchev–Trinajstić information content (AvgIpc) is 2.90. The molecule has 0 saturated carbocycles. The van der Waals surface area contributed by atoms with Crippen molar-refractivity contribution in [1.82, 2.24) is 15.3 Å². The van der Waals surface area contributed by atoms with Crippen LogP contribution in [0.3, 0.4) is 0 Å². The molecule has 1 aromatic carbocycles. The quantitative estimate of drug-likeness (QED) is 0.677. The number of aliphatic hydroxyl groups excluding tert-OH is 1. The number of fused-ring (bicyclic) bond motifs is 1. The van der Waals surface area contributed by atoms with Gasteiger partial charge in [-0.05, 0) is 24.3 Å². The lowest BCUT2D eigenvalue weighted by Crippen LogP contribution is -2.14. The number of ether oxygens (including phenoxy) is 1. The first kappa shape index (κ1) is 16.2. The number of allylic oxidation sites excluding steroid dienone is 4. The number of nitrogens with one attached hydrogen (secondary N) is 2. The van der Waals surface area contributed by atoms with Crippen molar-refractivity contribution >= 4 is 22.4 Å². The van der Waals surface area contributed by atoms with Crippen LogP contribution < -0.4 is 10.6 Å². The second-order valence-corrected chi connectivity index (χ2v) is 5.14. The highest BCUT2D eigenvalue weighted by molar-refractivity contribution is 5.90. The highest BCUT2D eigenvalue weighted by Gasteiger charge is 2.10. The molecule has 0 aliphatic carbocycles. The Labute approximate surface area is 140 Å². The lowest BCUT2D eigenvalue weighted by molar-refractivity contribution is 0.0992. The van der Waals surface area contributed by atoms with E-state index in [1.54, 1.807) is 0 Å². The van der Waals surface area contributed by atoms with Gasteiger partial charge < -0.3 is 20.5 Å². The molecule has 0 saturated heterocycles. The summed E-state index contributed by atoms with van der Waals surface area (Å²) in [7, 11) is 0. The summed E-state index contributed by atoms with van der Waals surface area (Å²) in [5.41, 5.74) is 1.71. The van der Waals surface area contributed by atoms with Crippen molar-refractivity contribution in [2.75, 3.05) is 31.7 Å². The van der Waals surface area contributed by atoms with Crippen molar-refractivity contribution in [3.05, 3.63) is 60.6 Å². The maximum Gasteiger partial charge on any atom is 0.178 e. The van der Waals surface area contributed by atoms with Gasteiger partial charge in [-0.2, -0.15) is 0 Å². The molecule has 1 aliphatic rings. The second kappa shape index (κ2) is 8.24. The molecule has 0 radical (unpaired) electrons. The van der Waals surface area contributed by atoms with Crippen molar-refractivity contribution in [3.63, 3.8) is 0 Å². The van der Waals surface area contributed by atoms with Crippen molar-refractivity contribution in [2.45, 2.75) is 0 Å². The molecule has 2 aromatic rings. The summed E-state index contributed by atoms with van der Waals surface area (Å²) >= 11 is 0. The molecule has 24 heavy (non-hydrogen) atoms. The number of hydrogen-bond donors (Lipinski definition) is 3. The van der Waals surface area contributed by atoms with Gasteiger partial charge in [-0.1, -0.05) is 24.3 Å². The van der Waals surface area contributed by atoms with E-state index >= 15 is 0 Å². The lowest BCUT2D eigenvalue weighted by atomic mass is 10.2. The fourth-order valence-electron chi connectivity index (χ4n) is 2.34. The van der Waals surface area contributed by atoms with Crippen molar-refractivity contribution in [3.8, 4) is 0 Å². The van der Waals surface area contributed by atoms with Crippen molar-refractivity contribution < 1.29 is 9.84 Å².